The summed E-state index contributed by atoms with van der Waals surface area (Å²) in [5.74, 6) is -0.0878. The van der Waals surface area contributed by atoms with Gasteiger partial charge in [-0.25, -0.2) is 9.97 Å². The van der Waals surface area contributed by atoms with Crippen LogP contribution in [-0.4, -0.2) is 40.4 Å². The van der Waals surface area contributed by atoms with Crippen LogP contribution in [0.2, 0.25) is 0 Å². The maximum Gasteiger partial charge on any atom is 0.254 e. The summed E-state index contributed by atoms with van der Waals surface area (Å²) in [5, 5.41) is 12.9. The summed E-state index contributed by atoms with van der Waals surface area (Å²) in [4.78, 5) is 25.7. The molecule has 5 aromatic rings. The zero-order valence-corrected chi connectivity index (χ0v) is 22.2. The number of aromatic nitrogens is 7. The maximum absolute atomic E-state index is 13.1. The third kappa shape index (κ3) is 4.49. The molecule has 0 spiro atoms. The number of carbonyl (C=O) groups excluding carboxylic acids is 1. The van der Waals surface area contributed by atoms with Crippen LogP contribution in [0.25, 0.3) is 33.5 Å². The monoisotopic (exact) mass is 508 g/mol. The predicted molar refractivity (Wildman–Crippen MR) is 147 cm³/mol. The van der Waals surface area contributed by atoms with Gasteiger partial charge in [0, 0.05) is 36.0 Å². The van der Waals surface area contributed by atoms with Crippen LogP contribution in [-0.2, 0) is 19.0 Å². The third-order valence-electron chi connectivity index (χ3n) is 7.26. The fourth-order valence-electron chi connectivity index (χ4n) is 5.21. The van der Waals surface area contributed by atoms with E-state index in [4.69, 9.17) is 0 Å². The Balaban J connectivity index is 1.31. The minimum atomic E-state index is -0.172. The average Bonchev–Trinajstić information content (AvgIpc) is 3.62. The van der Waals surface area contributed by atoms with Crippen molar-refractivity contribution in [3.63, 3.8) is 0 Å². The number of aryl methyl sites for hydroxylation is 2. The molecule has 6 rings (SSSR count). The van der Waals surface area contributed by atoms with E-state index in [1.54, 1.807) is 17.2 Å². The number of nitrogens with one attached hydrogen (secondary N) is 2. The number of benzene rings is 1. The molecule has 2 N–H and O–H groups in total. The zero-order valence-electron chi connectivity index (χ0n) is 22.2. The van der Waals surface area contributed by atoms with Gasteiger partial charge in [0.2, 0.25) is 0 Å². The molecule has 0 aliphatic heterocycles. The molecule has 0 radical (unpaired) electrons. The van der Waals surface area contributed by atoms with Crippen LogP contribution in [0.3, 0.4) is 0 Å². The van der Waals surface area contributed by atoms with E-state index < -0.39 is 0 Å². The van der Waals surface area contributed by atoms with Crippen LogP contribution >= 0.6 is 0 Å². The van der Waals surface area contributed by atoms with Gasteiger partial charge in [-0.2, -0.15) is 10.2 Å². The minimum absolute atomic E-state index is 0.0399. The van der Waals surface area contributed by atoms with E-state index in [2.05, 4.69) is 75.5 Å². The molecule has 9 heteroatoms. The number of hydrogen-bond donors (Lipinski definition) is 2. The molecule has 194 valence electrons. The van der Waals surface area contributed by atoms with Gasteiger partial charge in [-0.05, 0) is 63.3 Å². The van der Waals surface area contributed by atoms with E-state index in [0.29, 0.717) is 5.56 Å². The van der Waals surface area contributed by atoms with Crippen molar-refractivity contribution in [2.75, 3.05) is 0 Å². The van der Waals surface area contributed by atoms with E-state index in [9.17, 15) is 4.79 Å². The Labute approximate surface area is 221 Å². The van der Waals surface area contributed by atoms with Gasteiger partial charge in [-0.3, -0.25) is 14.2 Å². The Morgan fingerprint density at radius 3 is 2.68 bits per heavy atom. The number of aromatic amines is 1. The first-order valence-corrected chi connectivity index (χ1v) is 13.1. The first-order valence-electron chi connectivity index (χ1n) is 13.1. The highest BCUT2D eigenvalue weighted by Crippen LogP contribution is 2.35. The highest BCUT2D eigenvalue weighted by Gasteiger charge is 2.24. The van der Waals surface area contributed by atoms with E-state index in [1.165, 1.54) is 11.1 Å². The number of carbonyl (C=O) groups is 1. The van der Waals surface area contributed by atoms with Crippen molar-refractivity contribution >= 4 is 16.9 Å². The zero-order chi connectivity index (χ0) is 26.4. The van der Waals surface area contributed by atoms with Gasteiger partial charge in [0.05, 0.1) is 40.9 Å². The first-order chi connectivity index (χ1) is 18.3. The van der Waals surface area contributed by atoms with Gasteiger partial charge in [0.1, 0.15) is 12.0 Å². The van der Waals surface area contributed by atoms with E-state index in [-0.39, 0.29) is 17.5 Å². The lowest BCUT2D eigenvalue weighted by Crippen LogP contribution is -2.28. The van der Waals surface area contributed by atoms with Crippen molar-refractivity contribution in [2.45, 2.75) is 58.0 Å². The summed E-state index contributed by atoms with van der Waals surface area (Å²) in [6.07, 6.45) is 12.9. The SMILES string of the molecule is Cn1cc(-c2cc3c(-c4ccc5c(c4)CCCCC5NC(=O)c4cnn(C(C)(C)C)c4)ncnc3[nH]2)cn1. The van der Waals surface area contributed by atoms with Crippen molar-refractivity contribution in [1.82, 2.24) is 39.8 Å². The highest BCUT2D eigenvalue weighted by atomic mass is 16.1. The Kier molecular flexibility index (Phi) is 5.86. The van der Waals surface area contributed by atoms with Gasteiger partial charge >= 0.3 is 0 Å². The average molecular weight is 509 g/mol. The van der Waals surface area contributed by atoms with Crippen LogP contribution in [0, 0.1) is 0 Å². The summed E-state index contributed by atoms with van der Waals surface area (Å²) in [6, 6.07) is 8.55. The lowest BCUT2D eigenvalue weighted by atomic mass is 9.95. The number of rotatable bonds is 4. The molecule has 1 aromatic carbocycles. The van der Waals surface area contributed by atoms with Crippen LogP contribution in [0.1, 0.15) is 67.6 Å². The molecule has 1 atom stereocenters. The molecule has 1 aliphatic carbocycles. The van der Waals surface area contributed by atoms with Crippen LogP contribution in [0.5, 0.6) is 0 Å². The summed E-state index contributed by atoms with van der Waals surface area (Å²) in [5.41, 5.74) is 7.55. The molecule has 1 amide bonds. The van der Waals surface area contributed by atoms with Gasteiger partial charge < -0.3 is 10.3 Å². The molecular weight excluding hydrogens is 476 g/mol. The second kappa shape index (κ2) is 9.24. The van der Waals surface area contributed by atoms with Gasteiger partial charge in [-0.1, -0.05) is 18.6 Å². The Hall–Kier alpha value is -4.27. The number of fused-ring (bicyclic) bond motifs is 2. The normalized spacial score (nSPS) is 15.8. The Morgan fingerprint density at radius 1 is 1.05 bits per heavy atom. The van der Waals surface area contributed by atoms with E-state index >= 15 is 0 Å². The van der Waals surface area contributed by atoms with Crippen LogP contribution in [0.4, 0.5) is 0 Å². The lowest BCUT2D eigenvalue weighted by Gasteiger charge is -2.20. The molecule has 0 bridgehead atoms. The lowest BCUT2D eigenvalue weighted by molar-refractivity contribution is 0.0934. The summed E-state index contributed by atoms with van der Waals surface area (Å²) < 4.78 is 3.62. The standard InChI is InChI=1S/C29H32N8O/c1-29(2,3)37-16-21(14-33-37)28(38)35-24-8-6-5-7-18-11-19(9-10-22(18)24)26-23-12-25(20-13-32-36(4)15-20)34-27(23)31-17-30-26/h9-17,24H,5-8H2,1-4H3,(H,35,38)(H,30,31,34). The van der Waals surface area contributed by atoms with Crippen molar-refractivity contribution in [1.29, 1.82) is 0 Å². The van der Waals surface area contributed by atoms with Crippen LogP contribution in [0.15, 0.2) is 55.4 Å². The molecule has 1 unspecified atom stereocenters. The minimum Gasteiger partial charge on any atom is -0.345 e. The molecule has 0 saturated heterocycles. The molecule has 4 aromatic heterocycles. The highest BCUT2D eigenvalue weighted by molar-refractivity contribution is 5.95. The Morgan fingerprint density at radius 2 is 1.92 bits per heavy atom. The number of amides is 1. The third-order valence-corrected chi connectivity index (χ3v) is 7.26. The van der Waals surface area contributed by atoms with Gasteiger partial charge in [0.15, 0.2) is 0 Å². The quantitative estimate of drug-likeness (QED) is 0.326. The van der Waals surface area contributed by atoms with E-state index in [0.717, 1.165) is 59.2 Å². The predicted octanol–water partition coefficient (Wildman–Crippen LogP) is 5.17. The van der Waals surface area contributed by atoms with Gasteiger partial charge in [0.25, 0.3) is 5.91 Å². The summed E-state index contributed by atoms with van der Waals surface area (Å²) >= 11 is 0. The number of hydrogen-bond acceptors (Lipinski definition) is 5. The summed E-state index contributed by atoms with van der Waals surface area (Å²) in [7, 11) is 1.90. The van der Waals surface area contributed by atoms with Crippen molar-refractivity contribution in [2.24, 2.45) is 7.05 Å². The topological polar surface area (TPSA) is 106 Å². The second-order valence-electron chi connectivity index (χ2n) is 11.1. The molecule has 9 nitrogen and oxygen atoms in total. The molecule has 0 saturated carbocycles. The van der Waals surface area contributed by atoms with Crippen molar-refractivity contribution < 1.29 is 4.79 Å². The fourth-order valence-corrected chi connectivity index (χ4v) is 5.21. The molecule has 38 heavy (non-hydrogen) atoms. The molecule has 0 fully saturated rings. The molecular formula is C29H32N8O. The van der Waals surface area contributed by atoms with Crippen molar-refractivity contribution in [3.05, 3.63) is 72.1 Å². The van der Waals surface area contributed by atoms with E-state index in [1.807, 2.05) is 30.3 Å². The smallest absolute Gasteiger partial charge is 0.254 e. The van der Waals surface area contributed by atoms with Crippen molar-refractivity contribution in [3.8, 4) is 22.5 Å². The van der Waals surface area contributed by atoms with Crippen LogP contribution < -0.4 is 5.32 Å². The summed E-state index contributed by atoms with van der Waals surface area (Å²) in [6.45, 7) is 6.21. The molecule has 4 heterocycles. The van der Waals surface area contributed by atoms with Gasteiger partial charge in [-0.15, -0.1) is 0 Å². The maximum atomic E-state index is 13.1. The number of nitrogens with zero attached hydrogens (tertiary/aromatic N) is 6. The Bertz CT molecular complexity index is 1630. The fraction of sp³-hybridized carbons (Fsp3) is 0.345. The second-order valence-corrected chi connectivity index (χ2v) is 11.1. The molecule has 1 aliphatic rings. The number of H-pyrrole nitrogens is 1. The first kappa shape index (κ1) is 24.1. The largest absolute Gasteiger partial charge is 0.345 e.